The van der Waals surface area contributed by atoms with Gasteiger partial charge in [0.05, 0.1) is 25.3 Å². The fraction of sp³-hybridized carbons (Fsp3) is 0.0833. The van der Waals surface area contributed by atoms with E-state index in [2.05, 4.69) is 15.9 Å². The SMILES string of the molecule is COc1ccc(/C=C/C(=O)c2cc(Br)ccc2OC(=O)c2ccccc2)cc1OC. The Morgan fingerprint density at radius 1 is 0.833 bits per heavy atom. The van der Waals surface area contributed by atoms with E-state index < -0.39 is 5.97 Å². The molecule has 0 saturated carbocycles. The predicted octanol–water partition coefficient (Wildman–Crippen LogP) is 5.58. The summed E-state index contributed by atoms with van der Waals surface area (Å²) in [5, 5.41) is 0. The maximum Gasteiger partial charge on any atom is 0.343 e. The number of methoxy groups -OCH3 is 2. The van der Waals surface area contributed by atoms with Crippen LogP contribution in [0.15, 0.2) is 77.3 Å². The van der Waals surface area contributed by atoms with Crippen molar-refractivity contribution in [3.05, 3.63) is 94.0 Å². The molecular formula is C24H19BrO5. The Labute approximate surface area is 183 Å². The van der Waals surface area contributed by atoms with Crippen LogP contribution >= 0.6 is 15.9 Å². The third kappa shape index (κ3) is 5.15. The van der Waals surface area contributed by atoms with Crippen molar-refractivity contribution in [2.45, 2.75) is 0 Å². The Morgan fingerprint density at radius 2 is 1.53 bits per heavy atom. The first-order chi connectivity index (χ1) is 14.5. The molecule has 152 valence electrons. The third-order valence-corrected chi connectivity index (χ3v) is 4.75. The second kappa shape index (κ2) is 9.89. The first kappa shape index (κ1) is 21.3. The van der Waals surface area contributed by atoms with E-state index in [9.17, 15) is 9.59 Å². The number of halogens is 1. The molecule has 0 saturated heterocycles. The lowest BCUT2D eigenvalue weighted by Gasteiger charge is -2.09. The van der Waals surface area contributed by atoms with Crippen LogP contribution in [0.3, 0.4) is 0 Å². The molecule has 0 aromatic heterocycles. The summed E-state index contributed by atoms with van der Waals surface area (Å²) in [6.45, 7) is 0. The number of allylic oxidation sites excluding steroid dienone is 1. The number of esters is 1. The van der Waals surface area contributed by atoms with Gasteiger partial charge in [-0.1, -0.05) is 46.3 Å². The van der Waals surface area contributed by atoms with Crippen LogP contribution in [0.25, 0.3) is 6.08 Å². The molecule has 6 heteroatoms. The maximum atomic E-state index is 12.8. The van der Waals surface area contributed by atoms with Crippen molar-refractivity contribution in [2.24, 2.45) is 0 Å². The van der Waals surface area contributed by atoms with Gasteiger partial charge in [-0.15, -0.1) is 0 Å². The summed E-state index contributed by atoms with van der Waals surface area (Å²) in [6, 6.07) is 18.9. The molecule has 0 heterocycles. The lowest BCUT2D eigenvalue weighted by molar-refractivity contribution is 0.0733. The van der Waals surface area contributed by atoms with Gasteiger partial charge in [-0.25, -0.2) is 4.79 Å². The van der Waals surface area contributed by atoms with E-state index in [-0.39, 0.29) is 17.1 Å². The van der Waals surface area contributed by atoms with Crippen LogP contribution in [-0.2, 0) is 0 Å². The molecule has 0 spiro atoms. The number of hydrogen-bond donors (Lipinski definition) is 0. The zero-order chi connectivity index (χ0) is 21.5. The summed E-state index contributed by atoms with van der Waals surface area (Å²) in [7, 11) is 3.10. The Kier molecular flexibility index (Phi) is 7.03. The van der Waals surface area contributed by atoms with Gasteiger partial charge in [0.15, 0.2) is 17.3 Å². The highest BCUT2D eigenvalue weighted by atomic mass is 79.9. The van der Waals surface area contributed by atoms with Gasteiger partial charge >= 0.3 is 5.97 Å². The molecule has 0 aliphatic heterocycles. The van der Waals surface area contributed by atoms with Gasteiger partial charge < -0.3 is 14.2 Å². The van der Waals surface area contributed by atoms with Crippen LogP contribution in [0.2, 0.25) is 0 Å². The van der Waals surface area contributed by atoms with Crippen molar-refractivity contribution in [1.82, 2.24) is 0 Å². The molecule has 5 nitrogen and oxygen atoms in total. The molecule has 0 radical (unpaired) electrons. The highest BCUT2D eigenvalue weighted by Crippen LogP contribution is 2.29. The monoisotopic (exact) mass is 466 g/mol. The normalized spacial score (nSPS) is 10.6. The second-order valence-electron chi connectivity index (χ2n) is 6.21. The highest BCUT2D eigenvalue weighted by Gasteiger charge is 2.15. The molecule has 30 heavy (non-hydrogen) atoms. The van der Waals surface area contributed by atoms with E-state index >= 15 is 0 Å². The van der Waals surface area contributed by atoms with Crippen molar-refractivity contribution >= 4 is 33.8 Å². The van der Waals surface area contributed by atoms with Crippen molar-refractivity contribution < 1.29 is 23.8 Å². The highest BCUT2D eigenvalue weighted by molar-refractivity contribution is 9.10. The number of rotatable bonds is 7. The lowest BCUT2D eigenvalue weighted by Crippen LogP contribution is -2.11. The Hall–Kier alpha value is -3.38. The Balaban J connectivity index is 1.84. The summed E-state index contributed by atoms with van der Waals surface area (Å²) in [6.07, 6.45) is 3.08. The molecule has 0 bridgehead atoms. The summed E-state index contributed by atoms with van der Waals surface area (Å²) in [5.41, 5.74) is 1.43. The zero-order valence-electron chi connectivity index (χ0n) is 16.4. The van der Waals surface area contributed by atoms with Crippen LogP contribution in [0.5, 0.6) is 17.2 Å². The number of hydrogen-bond acceptors (Lipinski definition) is 5. The first-order valence-corrected chi connectivity index (χ1v) is 9.82. The van der Waals surface area contributed by atoms with Crippen LogP contribution in [0.1, 0.15) is 26.3 Å². The van der Waals surface area contributed by atoms with E-state index in [1.165, 1.54) is 6.08 Å². The van der Waals surface area contributed by atoms with Crippen LogP contribution < -0.4 is 14.2 Å². The average molecular weight is 467 g/mol. The van der Waals surface area contributed by atoms with E-state index in [0.717, 1.165) is 5.56 Å². The minimum atomic E-state index is -0.532. The van der Waals surface area contributed by atoms with E-state index in [1.54, 1.807) is 74.9 Å². The quantitative estimate of drug-likeness (QED) is 0.197. The van der Waals surface area contributed by atoms with Gasteiger partial charge in [-0.3, -0.25) is 4.79 Å². The van der Waals surface area contributed by atoms with Crippen molar-refractivity contribution in [1.29, 1.82) is 0 Å². The molecule has 3 aromatic carbocycles. The molecule has 0 N–H and O–H groups in total. The van der Waals surface area contributed by atoms with Crippen molar-refractivity contribution in [3.63, 3.8) is 0 Å². The molecule has 0 fully saturated rings. The number of ketones is 1. The van der Waals surface area contributed by atoms with Crippen LogP contribution in [-0.4, -0.2) is 26.0 Å². The number of benzene rings is 3. The van der Waals surface area contributed by atoms with Gasteiger partial charge in [0.1, 0.15) is 5.75 Å². The minimum Gasteiger partial charge on any atom is -0.493 e. The molecular weight excluding hydrogens is 448 g/mol. The average Bonchev–Trinajstić information content (AvgIpc) is 2.78. The molecule has 0 unspecified atom stereocenters. The second-order valence-corrected chi connectivity index (χ2v) is 7.12. The summed E-state index contributed by atoms with van der Waals surface area (Å²) >= 11 is 3.36. The predicted molar refractivity (Wildman–Crippen MR) is 118 cm³/mol. The molecule has 0 aliphatic carbocycles. The Bertz CT molecular complexity index is 1090. The van der Waals surface area contributed by atoms with Gasteiger partial charge in [-0.05, 0) is 54.1 Å². The van der Waals surface area contributed by atoms with E-state index in [1.807, 2.05) is 12.1 Å². The van der Waals surface area contributed by atoms with Gasteiger partial charge in [0, 0.05) is 4.47 Å². The summed E-state index contributed by atoms with van der Waals surface area (Å²) < 4.78 is 16.7. The number of carbonyl (C=O) groups excluding carboxylic acids is 2. The van der Waals surface area contributed by atoms with Crippen LogP contribution in [0.4, 0.5) is 0 Å². The fourth-order valence-electron chi connectivity index (χ4n) is 2.73. The summed E-state index contributed by atoms with van der Waals surface area (Å²) in [4.78, 5) is 25.2. The zero-order valence-corrected chi connectivity index (χ0v) is 18.0. The molecule has 0 atom stereocenters. The molecule has 3 aromatic rings. The van der Waals surface area contributed by atoms with Crippen molar-refractivity contribution in [2.75, 3.05) is 14.2 Å². The third-order valence-electron chi connectivity index (χ3n) is 4.25. The molecule has 0 aliphatic rings. The van der Waals surface area contributed by atoms with Gasteiger partial charge in [0.25, 0.3) is 0 Å². The molecule has 0 amide bonds. The standard InChI is InChI=1S/C24H19BrO5/c1-28-22-12-9-16(14-23(22)29-2)8-11-20(26)19-15-18(25)10-13-21(19)30-24(27)17-6-4-3-5-7-17/h3-15H,1-2H3/b11-8+. The topological polar surface area (TPSA) is 61.8 Å². The Morgan fingerprint density at radius 3 is 2.23 bits per heavy atom. The molecule has 3 rings (SSSR count). The maximum absolute atomic E-state index is 12.8. The fourth-order valence-corrected chi connectivity index (χ4v) is 3.10. The minimum absolute atomic E-state index is 0.189. The lowest BCUT2D eigenvalue weighted by atomic mass is 10.1. The first-order valence-electron chi connectivity index (χ1n) is 9.03. The smallest absolute Gasteiger partial charge is 0.343 e. The number of carbonyl (C=O) groups is 2. The number of ether oxygens (including phenoxy) is 3. The van der Waals surface area contributed by atoms with E-state index in [0.29, 0.717) is 21.5 Å². The summed E-state index contributed by atoms with van der Waals surface area (Å²) in [5.74, 6) is 0.516. The van der Waals surface area contributed by atoms with Crippen molar-refractivity contribution in [3.8, 4) is 17.2 Å². The largest absolute Gasteiger partial charge is 0.493 e. The van der Waals surface area contributed by atoms with E-state index in [4.69, 9.17) is 14.2 Å². The van der Waals surface area contributed by atoms with Crippen LogP contribution in [0, 0.1) is 0 Å². The van der Waals surface area contributed by atoms with Gasteiger partial charge in [-0.2, -0.15) is 0 Å². The van der Waals surface area contributed by atoms with Gasteiger partial charge in [0.2, 0.25) is 0 Å².